The van der Waals surface area contributed by atoms with Crippen molar-refractivity contribution >= 4 is 16.6 Å². The average Bonchev–Trinajstić information content (AvgIpc) is 3.23. The van der Waals surface area contributed by atoms with Gasteiger partial charge in [0, 0.05) is 49.0 Å². The largest absolute Gasteiger partial charge is 0.370 e. The second kappa shape index (κ2) is 6.27. The van der Waals surface area contributed by atoms with Crippen molar-refractivity contribution in [1.82, 2.24) is 14.8 Å². The molecule has 0 amide bonds. The molecule has 1 unspecified atom stereocenters. The maximum Gasteiger partial charge on any atom is 0.0726 e. The number of rotatable bonds is 4. The van der Waals surface area contributed by atoms with Crippen LogP contribution in [0.3, 0.4) is 0 Å². The first-order valence-corrected chi connectivity index (χ1v) is 8.86. The third-order valence-corrected chi connectivity index (χ3v) is 4.98. The molecule has 4 rings (SSSR count). The summed E-state index contributed by atoms with van der Waals surface area (Å²) in [5.41, 5.74) is 5.02. The number of aromatic nitrogens is 3. The molecule has 4 nitrogen and oxygen atoms in total. The van der Waals surface area contributed by atoms with Crippen LogP contribution in [0.4, 0.5) is 5.69 Å². The van der Waals surface area contributed by atoms with E-state index in [-0.39, 0.29) is 0 Å². The minimum absolute atomic E-state index is 0.570. The first-order chi connectivity index (χ1) is 11.7. The molecule has 1 aliphatic rings. The summed E-state index contributed by atoms with van der Waals surface area (Å²) in [7, 11) is 1.99. The molecule has 0 spiro atoms. The van der Waals surface area contributed by atoms with E-state index in [0.717, 1.165) is 31.4 Å². The highest BCUT2D eigenvalue weighted by molar-refractivity contribution is 5.92. The summed E-state index contributed by atoms with van der Waals surface area (Å²) >= 11 is 0. The van der Waals surface area contributed by atoms with Crippen LogP contribution in [0.25, 0.3) is 10.9 Å². The third kappa shape index (κ3) is 2.77. The number of nitrogens with zero attached hydrogens (tertiary/aromatic N) is 4. The monoisotopic (exact) mass is 320 g/mol. The number of hydrogen-bond acceptors (Lipinski definition) is 3. The molecule has 0 bridgehead atoms. The number of anilines is 1. The Balaban J connectivity index is 1.68. The zero-order valence-electron chi connectivity index (χ0n) is 14.4. The van der Waals surface area contributed by atoms with Crippen LogP contribution in [-0.2, 0) is 13.5 Å². The summed E-state index contributed by atoms with van der Waals surface area (Å²) in [6.45, 7) is 4.37. The second-order valence-corrected chi connectivity index (χ2v) is 6.78. The zero-order chi connectivity index (χ0) is 16.5. The molecular weight excluding hydrogens is 296 g/mol. The predicted octanol–water partition coefficient (Wildman–Crippen LogP) is 3.91. The van der Waals surface area contributed by atoms with Gasteiger partial charge in [0.05, 0.1) is 11.7 Å². The Morgan fingerprint density at radius 3 is 2.92 bits per heavy atom. The van der Waals surface area contributed by atoms with E-state index in [0.29, 0.717) is 5.92 Å². The van der Waals surface area contributed by atoms with Gasteiger partial charge < -0.3 is 4.90 Å². The van der Waals surface area contributed by atoms with Crippen molar-refractivity contribution in [2.45, 2.75) is 32.1 Å². The van der Waals surface area contributed by atoms with Gasteiger partial charge in [0.2, 0.25) is 0 Å². The number of fused-ring (bicyclic) bond motifs is 1. The summed E-state index contributed by atoms with van der Waals surface area (Å²) in [6.07, 6.45) is 7.52. The van der Waals surface area contributed by atoms with Crippen LogP contribution in [0.5, 0.6) is 0 Å². The first kappa shape index (κ1) is 15.2. The van der Waals surface area contributed by atoms with E-state index in [2.05, 4.69) is 53.5 Å². The fourth-order valence-electron chi connectivity index (χ4n) is 3.76. The van der Waals surface area contributed by atoms with Crippen molar-refractivity contribution in [3.8, 4) is 0 Å². The van der Waals surface area contributed by atoms with Crippen molar-refractivity contribution in [3.63, 3.8) is 0 Å². The highest BCUT2D eigenvalue weighted by Gasteiger charge is 2.26. The van der Waals surface area contributed by atoms with Crippen molar-refractivity contribution in [1.29, 1.82) is 0 Å². The first-order valence-electron chi connectivity index (χ1n) is 8.86. The Hall–Kier alpha value is -2.36. The minimum Gasteiger partial charge on any atom is -0.370 e. The predicted molar refractivity (Wildman–Crippen MR) is 98.5 cm³/mol. The summed E-state index contributed by atoms with van der Waals surface area (Å²) < 4.78 is 1.90. The Labute approximate surface area is 143 Å². The van der Waals surface area contributed by atoms with Gasteiger partial charge >= 0.3 is 0 Å². The van der Waals surface area contributed by atoms with Gasteiger partial charge in [-0.25, -0.2) is 0 Å². The summed E-state index contributed by atoms with van der Waals surface area (Å²) in [4.78, 5) is 7.37. The van der Waals surface area contributed by atoms with E-state index in [4.69, 9.17) is 4.98 Å². The molecule has 4 heteroatoms. The van der Waals surface area contributed by atoms with Gasteiger partial charge in [-0.2, -0.15) is 5.10 Å². The number of hydrogen-bond donors (Lipinski definition) is 0. The van der Waals surface area contributed by atoms with E-state index < -0.39 is 0 Å². The van der Waals surface area contributed by atoms with Crippen molar-refractivity contribution in [2.24, 2.45) is 7.05 Å². The average molecular weight is 320 g/mol. The Kier molecular flexibility index (Phi) is 3.97. The smallest absolute Gasteiger partial charge is 0.0726 e. The van der Waals surface area contributed by atoms with Gasteiger partial charge in [-0.3, -0.25) is 9.67 Å². The lowest BCUT2D eigenvalue weighted by Crippen LogP contribution is -2.20. The number of benzene rings is 1. The quantitative estimate of drug-likeness (QED) is 0.731. The molecule has 1 atom stereocenters. The van der Waals surface area contributed by atoms with E-state index in [9.17, 15) is 0 Å². The lowest BCUT2D eigenvalue weighted by atomic mass is 10.0. The van der Waals surface area contributed by atoms with E-state index in [1.165, 1.54) is 28.8 Å². The Morgan fingerprint density at radius 1 is 1.25 bits per heavy atom. The Bertz CT molecular complexity index is 852. The molecule has 1 aliphatic heterocycles. The molecule has 0 radical (unpaired) electrons. The van der Waals surface area contributed by atoms with E-state index >= 15 is 0 Å². The molecule has 2 aromatic heterocycles. The molecule has 3 heterocycles. The van der Waals surface area contributed by atoms with Crippen LogP contribution in [0, 0.1) is 0 Å². The van der Waals surface area contributed by atoms with Crippen molar-refractivity contribution < 1.29 is 0 Å². The second-order valence-electron chi connectivity index (χ2n) is 6.78. The molecule has 0 N–H and O–H groups in total. The van der Waals surface area contributed by atoms with E-state index in [1.54, 1.807) is 0 Å². The summed E-state index contributed by atoms with van der Waals surface area (Å²) in [5.74, 6) is 0.570. The fourth-order valence-corrected chi connectivity index (χ4v) is 3.76. The summed E-state index contributed by atoms with van der Waals surface area (Å²) in [6, 6.07) is 10.8. The van der Waals surface area contributed by atoms with Crippen LogP contribution in [0.2, 0.25) is 0 Å². The van der Waals surface area contributed by atoms with Gasteiger partial charge in [0.15, 0.2) is 0 Å². The highest BCUT2D eigenvalue weighted by Crippen LogP contribution is 2.34. The standard InChI is InChI=1S/C20H24N4/c1-3-6-17-11-20(18-7-4-5-8-19(18)22-17)24-10-9-15(14-24)16-12-21-23(2)13-16/h4-5,7-8,11-13,15H,3,6,9-10,14H2,1-2H3. The molecule has 1 saturated heterocycles. The molecule has 24 heavy (non-hydrogen) atoms. The van der Waals surface area contributed by atoms with Crippen LogP contribution < -0.4 is 4.90 Å². The van der Waals surface area contributed by atoms with Crippen LogP contribution in [0.1, 0.15) is 36.9 Å². The fraction of sp³-hybridized carbons (Fsp3) is 0.400. The van der Waals surface area contributed by atoms with Crippen molar-refractivity contribution in [3.05, 3.63) is 54.0 Å². The number of para-hydroxylation sites is 1. The van der Waals surface area contributed by atoms with Gasteiger partial charge in [0.25, 0.3) is 0 Å². The maximum atomic E-state index is 4.84. The maximum absolute atomic E-state index is 4.84. The lowest BCUT2D eigenvalue weighted by molar-refractivity contribution is 0.754. The molecule has 0 saturated carbocycles. The van der Waals surface area contributed by atoms with Crippen molar-refractivity contribution in [2.75, 3.05) is 18.0 Å². The molecular formula is C20H24N4. The van der Waals surface area contributed by atoms with E-state index in [1.807, 2.05) is 17.9 Å². The molecule has 3 aromatic rings. The Morgan fingerprint density at radius 2 is 2.12 bits per heavy atom. The zero-order valence-corrected chi connectivity index (χ0v) is 14.4. The normalized spacial score (nSPS) is 17.8. The van der Waals surface area contributed by atoms with Crippen LogP contribution in [-0.4, -0.2) is 27.9 Å². The minimum atomic E-state index is 0.570. The highest BCUT2D eigenvalue weighted by atomic mass is 15.2. The molecule has 124 valence electrons. The lowest BCUT2D eigenvalue weighted by Gasteiger charge is -2.21. The SMILES string of the molecule is CCCc1cc(N2CCC(c3cnn(C)c3)C2)c2ccccc2n1. The third-order valence-electron chi connectivity index (χ3n) is 4.98. The molecule has 1 fully saturated rings. The van der Waals surface area contributed by atoms with Gasteiger partial charge in [-0.15, -0.1) is 0 Å². The van der Waals surface area contributed by atoms with Gasteiger partial charge in [-0.05, 0) is 30.5 Å². The molecule has 0 aliphatic carbocycles. The topological polar surface area (TPSA) is 34.0 Å². The van der Waals surface area contributed by atoms with Gasteiger partial charge in [0.1, 0.15) is 0 Å². The number of aryl methyl sites for hydroxylation is 2. The van der Waals surface area contributed by atoms with Crippen LogP contribution in [0.15, 0.2) is 42.7 Å². The van der Waals surface area contributed by atoms with Gasteiger partial charge in [-0.1, -0.05) is 31.5 Å². The van der Waals surface area contributed by atoms with Crippen LogP contribution >= 0.6 is 0 Å². The number of pyridine rings is 1. The molecule has 1 aromatic carbocycles. The summed E-state index contributed by atoms with van der Waals surface area (Å²) in [5, 5.41) is 5.60.